The van der Waals surface area contributed by atoms with Gasteiger partial charge in [-0.05, 0) is 43.0 Å². The van der Waals surface area contributed by atoms with Crippen LogP contribution in [-0.2, 0) is 16.1 Å². The van der Waals surface area contributed by atoms with E-state index in [9.17, 15) is 14.0 Å². The number of likely N-dealkylation sites (tertiary alicyclic amines) is 1. The van der Waals surface area contributed by atoms with Gasteiger partial charge in [0.15, 0.2) is 5.78 Å². The van der Waals surface area contributed by atoms with Gasteiger partial charge in [0.25, 0.3) is 5.91 Å². The first-order chi connectivity index (χ1) is 15.0. The lowest BCUT2D eigenvalue weighted by Gasteiger charge is -2.37. The highest BCUT2D eigenvalue weighted by molar-refractivity contribution is 7.81. The Morgan fingerprint density at radius 3 is 2.72 bits per heavy atom. The minimum atomic E-state index is -0.608. The predicted molar refractivity (Wildman–Crippen MR) is 123 cm³/mol. The van der Waals surface area contributed by atoms with Crippen molar-refractivity contribution in [3.63, 3.8) is 0 Å². The van der Waals surface area contributed by atoms with Crippen molar-refractivity contribution in [2.75, 3.05) is 13.1 Å². The third-order valence-corrected chi connectivity index (χ3v) is 6.33. The topological polar surface area (TPSA) is 87.5 Å². The molecule has 2 aromatic rings. The second kappa shape index (κ2) is 10.6. The molecular weight excluding hydrogens is 455 g/mol. The highest BCUT2D eigenvalue weighted by atomic mass is 35.5. The Kier molecular flexibility index (Phi) is 8.10. The quantitative estimate of drug-likeness (QED) is 0.322. The van der Waals surface area contributed by atoms with Crippen LogP contribution in [0.3, 0.4) is 0 Å². The smallest absolute Gasteiger partial charge is 0.265 e. The maximum atomic E-state index is 14.6. The molecule has 1 aliphatic heterocycles. The molecule has 2 atom stereocenters. The molecule has 0 spiro atoms. The highest BCUT2D eigenvalue weighted by Crippen LogP contribution is 2.39. The molecule has 2 aliphatic rings. The number of hydroxylamine groups is 1. The van der Waals surface area contributed by atoms with E-state index in [1.165, 1.54) is 10.7 Å². The van der Waals surface area contributed by atoms with E-state index in [1.807, 2.05) is 11.0 Å². The summed E-state index contributed by atoms with van der Waals surface area (Å²) in [5.74, 6) is -0.828. The SMILES string of the molecule is Cl.O=C(Cn1ccc(/C=C2\CN(C(C(=O)C3CC3)c3ccccc3F)CCC2S)n1)NO. The van der Waals surface area contributed by atoms with Gasteiger partial charge < -0.3 is 0 Å². The number of nitrogens with one attached hydrogen (secondary N) is 1. The maximum Gasteiger partial charge on any atom is 0.265 e. The van der Waals surface area contributed by atoms with Crippen molar-refractivity contribution < 1.29 is 19.2 Å². The number of Topliss-reactive ketones (excluding diaryl/α,β-unsaturated/α-hetero) is 1. The molecule has 1 aliphatic carbocycles. The van der Waals surface area contributed by atoms with E-state index in [0.29, 0.717) is 24.3 Å². The normalized spacial score (nSPS) is 21.1. The number of hydrogen-bond donors (Lipinski definition) is 3. The minimum absolute atomic E-state index is 0. The van der Waals surface area contributed by atoms with Gasteiger partial charge in [-0.25, -0.2) is 9.87 Å². The average Bonchev–Trinajstić information content (AvgIpc) is 3.53. The Morgan fingerprint density at radius 1 is 1.28 bits per heavy atom. The number of thiol groups is 1. The first kappa shape index (κ1) is 24.4. The molecular formula is C22H26ClFN4O3S. The van der Waals surface area contributed by atoms with Crippen LogP contribution in [0, 0.1) is 11.7 Å². The summed E-state index contributed by atoms with van der Waals surface area (Å²) in [6.07, 6.45) is 6.01. The molecule has 32 heavy (non-hydrogen) atoms. The van der Waals surface area contributed by atoms with Crippen molar-refractivity contribution in [3.05, 3.63) is 59.2 Å². The molecule has 2 unspecified atom stereocenters. The number of ketones is 1. The molecule has 1 saturated carbocycles. The molecule has 2 heterocycles. The van der Waals surface area contributed by atoms with Crippen molar-refractivity contribution in [1.29, 1.82) is 0 Å². The standard InChI is InChI=1S/C22H25FN4O3S.ClH/c23-18-4-2-1-3-17(18)21(22(29)14-5-6-14)26-9-8-19(31)15(12-26)11-16-7-10-27(24-16)13-20(28)25-30;/h1-4,7,10-11,14,19,21,30-31H,5-6,8-9,12-13H2,(H,25,28);1H/b15-11+;. The second-order valence-corrected chi connectivity index (χ2v) is 8.69. The lowest BCUT2D eigenvalue weighted by atomic mass is 9.93. The van der Waals surface area contributed by atoms with E-state index in [0.717, 1.165) is 24.8 Å². The number of benzene rings is 1. The zero-order chi connectivity index (χ0) is 22.0. The van der Waals surface area contributed by atoms with Crippen LogP contribution in [0.2, 0.25) is 0 Å². The van der Waals surface area contributed by atoms with E-state index in [-0.39, 0.29) is 41.7 Å². The second-order valence-electron chi connectivity index (χ2n) is 8.07. The summed E-state index contributed by atoms with van der Waals surface area (Å²) in [6.45, 7) is 1.03. The molecule has 2 N–H and O–H groups in total. The Balaban J connectivity index is 0.00000289. The number of carbonyl (C=O) groups excluding carboxylic acids is 2. The van der Waals surface area contributed by atoms with Crippen LogP contribution in [0.15, 0.2) is 42.1 Å². The number of amides is 1. The zero-order valence-electron chi connectivity index (χ0n) is 17.4. The predicted octanol–water partition coefficient (Wildman–Crippen LogP) is 3.06. The number of nitrogens with zero attached hydrogens (tertiary/aromatic N) is 3. The number of aromatic nitrogens is 2. The van der Waals surface area contributed by atoms with Gasteiger partial charge >= 0.3 is 0 Å². The van der Waals surface area contributed by atoms with Gasteiger partial charge in [0.2, 0.25) is 0 Å². The van der Waals surface area contributed by atoms with Crippen LogP contribution < -0.4 is 5.48 Å². The summed E-state index contributed by atoms with van der Waals surface area (Å²) in [5, 5.41) is 13.0. The highest BCUT2D eigenvalue weighted by Gasteiger charge is 2.40. The average molecular weight is 481 g/mol. The molecule has 2 fully saturated rings. The first-order valence-corrected chi connectivity index (χ1v) is 10.8. The molecule has 10 heteroatoms. The van der Waals surface area contributed by atoms with Crippen molar-refractivity contribution in [1.82, 2.24) is 20.2 Å². The summed E-state index contributed by atoms with van der Waals surface area (Å²) in [7, 11) is 0. The van der Waals surface area contributed by atoms with Crippen LogP contribution in [-0.4, -0.2) is 49.9 Å². The van der Waals surface area contributed by atoms with Crippen LogP contribution in [0.25, 0.3) is 6.08 Å². The summed E-state index contributed by atoms with van der Waals surface area (Å²) >= 11 is 4.70. The largest absolute Gasteiger partial charge is 0.297 e. The maximum absolute atomic E-state index is 14.6. The molecule has 0 radical (unpaired) electrons. The van der Waals surface area contributed by atoms with Gasteiger partial charge in [-0.15, -0.1) is 12.4 Å². The molecule has 1 saturated heterocycles. The third kappa shape index (κ3) is 5.58. The van der Waals surface area contributed by atoms with Crippen LogP contribution in [0.4, 0.5) is 4.39 Å². The number of rotatable bonds is 7. The van der Waals surface area contributed by atoms with Crippen LogP contribution in [0.5, 0.6) is 0 Å². The van der Waals surface area contributed by atoms with Crippen LogP contribution >= 0.6 is 25.0 Å². The molecule has 1 aromatic carbocycles. The molecule has 172 valence electrons. The fourth-order valence-corrected chi connectivity index (χ4v) is 4.26. The molecule has 1 aromatic heterocycles. The Labute approximate surface area is 197 Å². The lowest BCUT2D eigenvalue weighted by Crippen LogP contribution is -2.42. The van der Waals surface area contributed by atoms with Crippen molar-refractivity contribution >= 4 is 42.8 Å². The van der Waals surface area contributed by atoms with Gasteiger partial charge in [-0.2, -0.15) is 17.7 Å². The van der Waals surface area contributed by atoms with Crippen molar-refractivity contribution in [2.45, 2.75) is 37.1 Å². The number of carbonyl (C=O) groups is 2. The summed E-state index contributed by atoms with van der Waals surface area (Å²) in [5.41, 5.74) is 3.64. The van der Waals surface area contributed by atoms with Crippen molar-refractivity contribution in [3.8, 4) is 0 Å². The fourth-order valence-electron chi connectivity index (χ4n) is 3.99. The number of halogens is 2. The van der Waals surface area contributed by atoms with E-state index in [4.69, 9.17) is 17.8 Å². The summed E-state index contributed by atoms with van der Waals surface area (Å²) in [6, 6.07) is 7.66. The van der Waals surface area contributed by atoms with E-state index >= 15 is 0 Å². The van der Waals surface area contributed by atoms with Gasteiger partial charge in [-0.3, -0.25) is 24.4 Å². The number of hydrogen-bond acceptors (Lipinski definition) is 6. The molecule has 0 bridgehead atoms. The van der Waals surface area contributed by atoms with Gasteiger partial charge in [-0.1, -0.05) is 18.2 Å². The van der Waals surface area contributed by atoms with E-state index in [1.54, 1.807) is 35.9 Å². The van der Waals surface area contributed by atoms with Gasteiger partial charge in [0, 0.05) is 36.0 Å². The third-order valence-electron chi connectivity index (χ3n) is 5.74. The monoisotopic (exact) mass is 480 g/mol. The molecule has 4 rings (SSSR count). The molecule has 7 nitrogen and oxygen atoms in total. The Hall–Kier alpha value is -2.20. The van der Waals surface area contributed by atoms with E-state index < -0.39 is 11.9 Å². The van der Waals surface area contributed by atoms with Crippen LogP contribution in [0.1, 0.15) is 36.6 Å². The summed E-state index contributed by atoms with van der Waals surface area (Å²) in [4.78, 5) is 26.5. The van der Waals surface area contributed by atoms with E-state index in [2.05, 4.69) is 5.10 Å². The summed E-state index contributed by atoms with van der Waals surface area (Å²) < 4.78 is 16.0. The van der Waals surface area contributed by atoms with Gasteiger partial charge in [0.1, 0.15) is 12.4 Å². The fraction of sp³-hybridized carbons (Fsp3) is 0.409. The Bertz CT molecular complexity index is 1010. The Morgan fingerprint density at radius 2 is 2.03 bits per heavy atom. The molecule has 1 amide bonds. The minimum Gasteiger partial charge on any atom is -0.297 e. The number of piperidine rings is 1. The zero-order valence-corrected chi connectivity index (χ0v) is 19.1. The van der Waals surface area contributed by atoms with Gasteiger partial charge in [0.05, 0.1) is 11.7 Å². The first-order valence-electron chi connectivity index (χ1n) is 10.3. The van der Waals surface area contributed by atoms with Crippen molar-refractivity contribution in [2.24, 2.45) is 5.92 Å². The lowest BCUT2D eigenvalue weighted by molar-refractivity contribution is -0.130.